The van der Waals surface area contributed by atoms with Crippen molar-refractivity contribution in [3.63, 3.8) is 0 Å². The molecule has 0 saturated carbocycles. The lowest BCUT2D eigenvalue weighted by atomic mass is 10.5. The molecule has 5 nitrogen and oxygen atoms in total. The molecular formula is C9H19NO4Si. The van der Waals surface area contributed by atoms with Gasteiger partial charge in [-0.15, -0.1) is 0 Å². The predicted octanol–water partition coefficient (Wildman–Crippen LogP) is -0.223. The Hall–Kier alpha value is -0.523. The zero-order chi connectivity index (χ0) is 11.7. The lowest BCUT2D eigenvalue weighted by molar-refractivity contribution is -0.216. The molecule has 15 heavy (non-hydrogen) atoms. The van der Waals surface area contributed by atoms with Crippen LogP contribution in [0.4, 0.5) is 0 Å². The predicted molar refractivity (Wildman–Crippen MR) is 59.5 cm³/mol. The molecule has 88 valence electrons. The zero-order valence-electron chi connectivity index (χ0n) is 9.78. The quantitative estimate of drug-likeness (QED) is 0.252. The average molecular weight is 233 g/mol. The minimum absolute atomic E-state index is 0.450. The van der Waals surface area contributed by atoms with Gasteiger partial charge in [0.2, 0.25) is 12.4 Å². The second-order valence-corrected chi connectivity index (χ2v) is 4.37. The van der Waals surface area contributed by atoms with Gasteiger partial charge in [-0.3, -0.25) is 0 Å². The van der Waals surface area contributed by atoms with Crippen molar-refractivity contribution in [3.8, 4) is 0 Å². The highest BCUT2D eigenvalue weighted by Crippen LogP contribution is 2.18. The zero-order valence-corrected chi connectivity index (χ0v) is 11.8. The average Bonchev–Trinajstić information content (AvgIpc) is 2.18. The summed E-state index contributed by atoms with van der Waals surface area (Å²) < 4.78 is 16.2. The molecular weight excluding hydrogens is 214 g/mol. The van der Waals surface area contributed by atoms with Crippen molar-refractivity contribution in [2.45, 2.75) is 32.4 Å². The highest BCUT2D eigenvalue weighted by atomic mass is 28.1. The van der Waals surface area contributed by atoms with Crippen LogP contribution in [-0.4, -0.2) is 47.8 Å². The third-order valence-corrected chi connectivity index (χ3v) is 2.76. The van der Waals surface area contributed by atoms with Crippen LogP contribution in [0, 0.1) is 0 Å². The summed E-state index contributed by atoms with van der Waals surface area (Å²) in [5.74, 6) is 0. The SMILES string of the molecule is CCOC(OCC)C([SiH3])(N=C=O)OCC. The Morgan fingerprint density at radius 1 is 1.27 bits per heavy atom. The lowest BCUT2D eigenvalue weighted by Crippen LogP contribution is -2.47. The van der Waals surface area contributed by atoms with Crippen LogP contribution in [0.25, 0.3) is 0 Å². The fourth-order valence-electron chi connectivity index (χ4n) is 1.20. The van der Waals surface area contributed by atoms with E-state index in [1.807, 2.05) is 20.8 Å². The minimum atomic E-state index is -0.984. The molecule has 0 radical (unpaired) electrons. The molecule has 1 atom stereocenters. The third-order valence-electron chi connectivity index (χ3n) is 1.78. The highest BCUT2D eigenvalue weighted by Gasteiger charge is 2.36. The first-order valence-corrected chi connectivity index (χ1v) is 6.10. The number of isocyanates is 1. The van der Waals surface area contributed by atoms with E-state index in [0.29, 0.717) is 30.1 Å². The fraction of sp³-hybridized carbons (Fsp3) is 0.889. The normalized spacial score (nSPS) is 14.9. The van der Waals surface area contributed by atoms with Crippen molar-refractivity contribution in [2.75, 3.05) is 19.8 Å². The van der Waals surface area contributed by atoms with Gasteiger partial charge in [0.05, 0.1) is 10.2 Å². The Bertz CT molecular complexity index is 214. The summed E-state index contributed by atoms with van der Waals surface area (Å²) in [6.45, 7) is 6.95. The van der Waals surface area contributed by atoms with Crippen molar-refractivity contribution in [1.82, 2.24) is 0 Å². The van der Waals surface area contributed by atoms with E-state index in [4.69, 9.17) is 14.2 Å². The molecule has 0 amide bonds. The molecule has 0 bridgehead atoms. The highest BCUT2D eigenvalue weighted by molar-refractivity contribution is 6.15. The van der Waals surface area contributed by atoms with E-state index in [0.717, 1.165) is 0 Å². The molecule has 0 aliphatic heterocycles. The third kappa shape index (κ3) is 4.68. The fourth-order valence-corrected chi connectivity index (χ4v) is 1.91. The molecule has 0 aromatic rings. The van der Waals surface area contributed by atoms with Gasteiger partial charge in [0.1, 0.15) is 0 Å². The van der Waals surface area contributed by atoms with E-state index in [1.165, 1.54) is 6.08 Å². The van der Waals surface area contributed by atoms with Gasteiger partial charge in [-0.05, 0) is 20.8 Å². The summed E-state index contributed by atoms with van der Waals surface area (Å²) >= 11 is 0. The largest absolute Gasteiger partial charge is 0.353 e. The van der Waals surface area contributed by atoms with Crippen molar-refractivity contribution >= 4 is 16.3 Å². The first-order chi connectivity index (χ1) is 7.14. The van der Waals surface area contributed by atoms with E-state index in [-0.39, 0.29) is 0 Å². The summed E-state index contributed by atoms with van der Waals surface area (Å²) in [4.78, 5) is 14.0. The van der Waals surface area contributed by atoms with Gasteiger partial charge in [-0.25, -0.2) is 4.79 Å². The molecule has 0 aromatic carbocycles. The van der Waals surface area contributed by atoms with Crippen molar-refractivity contribution < 1.29 is 19.0 Å². The first kappa shape index (κ1) is 14.5. The second-order valence-electron chi connectivity index (χ2n) is 2.93. The number of rotatable bonds is 8. The van der Waals surface area contributed by atoms with Gasteiger partial charge in [0.25, 0.3) is 0 Å². The van der Waals surface area contributed by atoms with E-state index in [1.54, 1.807) is 0 Å². The van der Waals surface area contributed by atoms with E-state index in [9.17, 15) is 4.79 Å². The number of ether oxygens (including phenoxy) is 3. The molecule has 1 unspecified atom stereocenters. The first-order valence-electron chi connectivity index (χ1n) is 5.10. The van der Waals surface area contributed by atoms with Crippen LogP contribution in [0.1, 0.15) is 20.8 Å². The maximum absolute atomic E-state index is 10.3. The summed E-state index contributed by atoms with van der Waals surface area (Å²) in [6.07, 6.45) is 0.891. The topological polar surface area (TPSA) is 57.1 Å². The molecule has 0 aliphatic rings. The molecule has 0 aliphatic carbocycles. The minimum Gasteiger partial charge on any atom is -0.353 e. The molecule has 0 aromatic heterocycles. The van der Waals surface area contributed by atoms with Crippen LogP contribution in [0.15, 0.2) is 4.99 Å². The number of nitrogens with zero attached hydrogens (tertiary/aromatic N) is 1. The van der Waals surface area contributed by atoms with Crippen LogP contribution in [0.2, 0.25) is 0 Å². The summed E-state index contributed by atoms with van der Waals surface area (Å²) in [5, 5.41) is -0.984. The Morgan fingerprint density at radius 3 is 2.13 bits per heavy atom. The van der Waals surface area contributed by atoms with Crippen LogP contribution >= 0.6 is 0 Å². The van der Waals surface area contributed by atoms with Crippen molar-refractivity contribution in [1.29, 1.82) is 0 Å². The molecule has 0 fully saturated rings. The molecule has 6 heteroatoms. The van der Waals surface area contributed by atoms with Crippen LogP contribution < -0.4 is 0 Å². The van der Waals surface area contributed by atoms with Crippen molar-refractivity contribution in [2.24, 2.45) is 4.99 Å². The van der Waals surface area contributed by atoms with E-state index >= 15 is 0 Å². The summed E-state index contributed by atoms with van der Waals surface area (Å²) in [5.41, 5.74) is 0. The van der Waals surface area contributed by atoms with Gasteiger partial charge < -0.3 is 14.2 Å². The molecule has 0 rings (SSSR count). The summed E-state index contributed by atoms with van der Waals surface area (Å²) in [7, 11) is 0.498. The number of hydrogen-bond donors (Lipinski definition) is 0. The van der Waals surface area contributed by atoms with E-state index < -0.39 is 11.6 Å². The Balaban J connectivity index is 4.71. The summed E-state index contributed by atoms with van der Waals surface area (Å²) in [6, 6.07) is 0. The number of carbonyl (C=O) groups excluding carboxylic acids is 1. The molecule has 0 heterocycles. The van der Waals surface area contributed by atoms with Gasteiger partial charge in [-0.1, -0.05) is 0 Å². The van der Waals surface area contributed by atoms with Crippen LogP contribution in [0.3, 0.4) is 0 Å². The molecule has 0 spiro atoms. The van der Waals surface area contributed by atoms with Gasteiger partial charge in [-0.2, -0.15) is 4.99 Å². The maximum Gasteiger partial charge on any atom is 0.237 e. The van der Waals surface area contributed by atoms with Crippen LogP contribution in [-0.2, 0) is 19.0 Å². The standard InChI is InChI=1S/C9H19NO4Si/c1-4-12-8(13-5-2)9(15,10-7-11)14-6-3/h8H,4-6H2,1-3,15H3. The van der Waals surface area contributed by atoms with Gasteiger partial charge >= 0.3 is 0 Å². The Morgan fingerprint density at radius 2 is 1.80 bits per heavy atom. The van der Waals surface area contributed by atoms with Crippen LogP contribution in [0.5, 0.6) is 0 Å². The van der Waals surface area contributed by atoms with Crippen molar-refractivity contribution in [3.05, 3.63) is 0 Å². The smallest absolute Gasteiger partial charge is 0.237 e. The monoisotopic (exact) mass is 233 g/mol. The molecule has 0 saturated heterocycles. The lowest BCUT2D eigenvalue weighted by Gasteiger charge is -2.31. The van der Waals surface area contributed by atoms with Gasteiger partial charge in [0.15, 0.2) is 5.35 Å². The number of aliphatic imine (C=N–C) groups is 1. The van der Waals surface area contributed by atoms with E-state index in [2.05, 4.69) is 4.99 Å². The maximum atomic E-state index is 10.3. The molecule has 0 N–H and O–H groups in total. The number of hydrogen-bond acceptors (Lipinski definition) is 5. The Kier molecular flexibility index (Phi) is 7.46. The van der Waals surface area contributed by atoms with Gasteiger partial charge in [0, 0.05) is 19.8 Å². The second kappa shape index (κ2) is 7.73. The Labute approximate surface area is 93.2 Å².